The molecule has 0 saturated carbocycles. The van der Waals surface area contributed by atoms with Gasteiger partial charge < -0.3 is 9.47 Å². The lowest BCUT2D eigenvalue weighted by molar-refractivity contribution is -0.127. The lowest BCUT2D eigenvalue weighted by Gasteiger charge is -2.16. The minimum absolute atomic E-state index is 0.0151. The van der Waals surface area contributed by atoms with Crippen molar-refractivity contribution in [3.05, 3.63) is 41.1 Å². The number of hydrogen-bond donors (Lipinski definition) is 0. The first kappa shape index (κ1) is 26.8. The Balaban J connectivity index is 1.66. The molecule has 4 aromatic rings. The highest BCUT2D eigenvalue weighted by molar-refractivity contribution is 7.15. The second-order valence-corrected chi connectivity index (χ2v) is 17.3. The van der Waals surface area contributed by atoms with Crippen LogP contribution in [0.4, 0.5) is 13.2 Å². The Morgan fingerprint density at radius 1 is 1.21 bits per heavy atom. The predicted molar refractivity (Wildman–Crippen MR) is 142 cm³/mol. The average Bonchev–Trinajstić information content (AvgIpc) is 3.56. The molecule has 0 unspecified atom stereocenters. The van der Waals surface area contributed by atoms with E-state index in [1.807, 2.05) is 0 Å². The van der Waals surface area contributed by atoms with Gasteiger partial charge in [0.25, 0.3) is 0 Å². The molecule has 1 aliphatic rings. The normalized spacial score (nSPS) is 14.3. The molecule has 203 valence electrons. The van der Waals surface area contributed by atoms with Crippen LogP contribution in [0.5, 0.6) is 5.75 Å². The van der Waals surface area contributed by atoms with E-state index in [4.69, 9.17) is 19.6 Å². The molecular formula is C25H30F3N6O2SSi. The third kappa shape index (κ3) is 5.79. The molecule has 0 spiro atoms. The number of rotatable bonds is 9. The summed E-state index contributed by atoms with van der Waals surface area (Å²) in [5, 5.41) is 9.39. The first-order valence-electron chi connectivity index (χ1n) is 12.4. The molecule has 0 aliphatic heterocycles. The van der Waals surface area contributed by atoms with Crippen molar-refractivity contribution >= 4 is 25.1 Å². The Hall–Kier alpha value is -2.77. The third-order valence-corrected chi connectivity index (χ3v) is 9.20. The van der Waals surface area contributed by atoms with Gasteiger partial charge in [0.15, 0.2) is 11.4 Å². The van der Waals surface area contributed by atoms with Crippen molar-refractivity contribution in [1.29, 1.82) is 0 Å². The number of aromatic nitrogens is 6. The smallest absolute Gasteiger partial charge is 0.393 e. The van der Waals surface area contributed by atoms with Crippen molar-refractivity contribution in [2.45, 2.75) is 64.3 Å². The summed E-state index contributed by atoms with van der Waals surface area (Å²) in [5.74, 6) is 0.396. The first-order valence-corrected chi connectivity index (χ1v) is 17.0. The topological polar surface area (TPSA) is 79.4 Å². The second kappa shape index (κ2) is 10.4. The number of ether oxygens (including phenoxy) is 2. The van der Waals surface area contributed by atoms with Gasteiger partial charge in [0, 0.05) is 36.9 Å². The first-order chi connectivity index (χ1) is 18.0. The van der Waals surface area contributed by atoms with Crippen LogP contribution in [-0.2, 0) is 30.7 Å². The van der Waals surface area contributed by atoms with Gasteiger partial charge in [-0.3, -0.25) is 0 Å². The summed E-state index contributed by atoms with van der Waals surface area (Å²) in [6.45, 7) is 7.26. The minimum atomic E-state index is -4.46. The molecule has 0 bridgehead atoms. The van der Waals surface area contributed by atoms with Crippen LogP contribution in [0.1, 0.15) is 22.6 Å². The fraction of sp³-hybridized carbons (Fsp3) is 0.480. The number of hydrogen-bond acceptors (Lipinski definition) is 7. The number of thiazole rings is 1. The molecule has 0 fully saturated rings. The Labute approximate surface area is 223 Å². The molecule has 13 heteroatoms. The van der Waals surface area contributed by atoms with Crippen molar-refractivity contribution in [2.75, 3.05) is 13.7 Å². The highest BCUT2D eigenvalue weighted by atomic mass is 32.1. The van der Waals surface area contributed by atoms with Gasteiger partial charge >= 0.3 is 6.18 Å². The van der Waals surface area contributed by atoms with E-state index in [2.05, 4.69) is 36.1 Å². The summed E-state index contributed by atoms with van der Waals surface area (Å²) in [5.41, 5.74) is 2.49. The molecule has 0 N–H and O–H groups in total. The van der Waals surface area contributed by atoms with Gasteiger partial charge in [0.2, 0.25) is 0 Å². The zero-order chi connectivity index (χ0) is 27.1. The lowest BCUT2D eigenvalue weighted by atomic mass is 10.0. The third-order valence-electron chi connectivity index (χ3n) is 6.37. The molecule has 0 aromatic carbocycles. The van der Waals surface area contributed by atoms with Crippen LogP contribution in [0, 0.1) is 6.42 Å². The van der Waals surface area contributed by atoms with Gasteiger partial charge in [-0.05, 0) is 37.8 Å². The number of halogens is 3. The number of aryl methyl sites for hydroxylation is 1. The summed E-state index contributed by atoms with van der Waals surface area (Å²) >= 11 is 1.42. The number of nitrogens with zero attached hydrogens (tertiary/aromatic N) is 6. The largest absolute Gasteiger partial charge is 0.493 e. The Morgan fingerprint density at radius 3 is 2.74 bits per heavy atom. The maximum atomic E-state index is 14.0. The average molecular weight is 564 g/mol. The maximum absolute atomic E-state index is 14.0. The summed E-state index contributed by atoms with van der Waals surface area (Å²) in [7, 11) is 0.136. The molecule has 1 aliphatic carbocycles. The lowest BCUT2D eigenvalue weighted by Crippen LogP contribution is -2.22. The fourth-order valence-corrected chi connectivity index (χ4v) is 6.34. The van der Waals surface area contributed by atoms with Crippen LogP contribution < -0.4 is 4.74 Å². The number of alkyl halides is 3. The molecule has 0 saturated heterocycles. The standard InChI is InChI=1S/C25H30F3N6O2SSi/c1-35-19-11-16(13-33-23(19)29-14-30-33)22-17(12-25(26,27)28)21(24-31-18-7-5-6-8-20(18)37-24)32-34(22)15-36-9-10-38(2,3)4/h6,11,13-14H,5,7-10,12,15H2,1-4H3. The van der Waals surface area contributed by atoms with Crippen molar-refractivity contribution in [3.63, 3.8) is 0 Å². The van der Waals surface area contributed by atoms with Crippen LogP contribution in [0.3, 0.4) is 0 Å². The van der Waals surface area contributed by atoms with Gasteiger partial charge in [-0.25, -0.2) is 19.2 Å². The zero-order valence-electron chi connectivity index (χ0n) is 21.8. The molecule has 0 amide bonds. The fourth-order valence-electron chi connectivity index (χ4n) is 4.47. The maximum Gasteiger partial charge on any atom is 0.393 e. The molecule has 4 aromatic heterocycles. The van der Waals surface area contributed by atoms with Crippen LogP contribution in [0.15, 0.2) is 18.6 Å². The Bertz CT molecular complexity index is 1420. The number of methoxy groups -OCH3 is 1. The van der Waals surface area contributed by atoms with Crippen molar-refractivity contribution in [3.8, 4) is 27.7 Å². The molecule has 5 rings (SSSR count). The van der Waals surface area contributed by atoms with E-state index in [0.29, 0.717) is 34.3 Å². The van der Waals surface area contributed by atoms with E-state index in [1.54, 1.807) is 12.3 Å². The number of fused-ring (bicyclic) bond motifs is 2. The minimum Gasteiger partial charge on any atom is -0.493 e. The van der Waals surface area contributed by atoms with Crippen molar-refractivity contribution < 1.29 is 22.6 Å². The van der Waals surface area contributed by atoms with Crippen LogP contribution in [0.2, 0.25) is 25.7 Å². The van der Waals surface area contributed by atoms with Crippen molar-refractivity contribution in [1.82, 2.24) is 29.4 Å². The summed E-state index contributed by atoms with van der Waals surface area (Å²) in [6, 6.07) is 2.60. The molecule has 1 radical (unpaired) electrons. The van der Waals surface area contributed by atoms with Crippen LogP contribution >= 0.6 is 11.3 Å². The van der Waals surface area contributed by atoms with Gasteiger partial charge in [0.05, 0.1) is 24.9 Å². The van der Waals surface area contributed by atoms with Gasteiger partial charge in [0.1, 0.15) is 23.8 Å². The van der Waals surface area contributed by atoms with E-state index < -0.39 is 20.7 Å². The summed E-state index contributed by atoms with van der Waals surface area (Å²) in [4.78, 5) is 10.0. The van der Waals surface area contributed by atoms with E-state index in [0.717, 1.165) is 35.9 Å². The molecule has 38 heavy (non-hydrogen) atoms. The predicted octanol–water partition coefficient (Wildman–Crippen LogP) is 5.83. The second-order valence-electron chi connectivity index (χ2n) is 10.6. The van der Waals surface area contributed by atoms with Gasteiger partial charge in [-0.15, -0.1) is 11.3 Å². The Kier molecular flexibility index (Phi) is 7.35. The van der Waals surface area contributed by atoms with Gasteiger partial charge in [-0.2, -0.15) is 23.4 Å². The highest BCUT2D eigenvalue weighted by Gasteiger charge is 2.35. The van der Waals surface area contributed by atoms with Crippen LogP contribution in [-0.4, -0.2) is 57.3 Å². The molecule has 0 atom stereocenters. The zero-order valence-corrected chi connectivity index (χ0v) is 23.6. The van der Waals surface area contributed by atoms with Crippen molar-refractivity contribution in [2.24, 2.45) is 0 Å². The van der Waals surface area contributed by atoms with E-state index in [9.17, 15) is 13.2 Å². The van der Waals surface area contributed by atoms with E-state index in [-0.39, 0.29) is 18.0 Å². The van der Waals surface area contributed by atoms with Crippen LogP contribution in [0.25, 0.3) is 27.6 Å². The molecule has 8 nitrogen and oxygen atoms in total. The summed E-state index contributed by atoms with van der Waals surface area (Å²) in [6.07, 6.45) is 2.06. The summed E-state index contributed by atoms with van der Waals surface area (Å²) < 4.78 is 56.5. The Morgan fingerprint density at radius 2 is 2.03 bits per heavy atom. The molecular weight excluding hydrogens is 533 g/mol. The SMILES string of the molecule is COc1cc(-c2c(CC(F)(F)F)c(-c3nc4c(s3)C[CH]CC4)nn2COCC[Si](C)(C)C)cn2ncnc12. The van der Waals surface area contributed by atoms with E-state index in [1.165, 1.54) is 34.0 Å². The monoisotopic (exact) mass is 563 g/mol. The van der Waals surface area contributed by atoms with Gasteiger partial charge in [-0.1, -0.05) is 19.6 Å². The quantitative estimate of drug-likeness (QED) is 0.188. The van der Waals surface area contributed by atoms with E-state index >= 15 is 0 Å². The highest BCUT2D eigenvalue weighted by Crippen LogP contribution is 2.40. The number of pyridine rings is 1. The molecule has 4 heterocycles.